The molecule has 1 heterocycles. The highest BCUT2D eigenvalue weighted by Crippen LogP contribution is 2.11. The van der Waals surface area contributed by atoms with Crippen molar-refractivity contribution in [1.82, 2.24) is 9.97 Å². The van der Waals surface area contributed by atoms with Gasteiger partial charge in [-0.15, -0.1) is 0 Å². The number of hydrogen-bond donors (Lipinski definition) is 2. The van der Waals surface area contributed by atoms with E-state index in [0.29, 0.717) is 11.9 Å². The Morgan fingerprint density at radius 2 is 2.00 bits per heavy atom. The fourth-order valence-electron chi connectivity index (χ4n) is 0.895. The van der Waals surface area contributed by atoms with Crippen LogP contribution in [0.3, 0.4) is 0 Å². The van der Waals surface area contributed by atoms with Crippen LogP contribution >= 0.6 is 12.6 Å². The molecule has 0 saturated heterocycles. The molecule has 1 N–H and O–H groups in total. The molecule has 0 amide bonds. The first-order valence-corrected chi connectivity index (χ1v) is 5.04. The van der Waals surface area contributed by atoms with Crippen LogP contribution in [0.4, 0.5) is 5.95 Å². The Morgan fingerprint density at radius 3 is 2.46 bits per heavy atom. The molecule has 3 nitrogen and oxygen atoms in total. The largest absolute Gasteiger partial charge is 0.353 e. The standard InChI is InChI=1S/C9H15N3S/c1-7(2)8-5-11-9(12-6-8)10-3-4-13/h5-7,13H,3-4H2,1-2H3,(H,10,11,12). The highest BCUT2D eigenvalue weighted by atomic mass is 32.1. The minimum Gasteiger partial charge on any atom is -0.353 e. The van der Waals surface area contributed by atoms with Gasteiger partial charge >= 0.3 is 0 Å². The molecule has 0 saturated carbocycles. The molecule has 0 aromatic carbocycles. The van der Waals surface area contributed by atoms with Crippen LogP contribution in [0.5, 0.6) is 0 Å². The molecule has 0 bridgehead atoms. The molecule has 1 aromatic heterocycles. The van der Waals surface area contributed by atoms with Crippen LogP contribution in [0.1, 0.15) is 25.3 Å². The van der Waals surface area contributed by atoms with E-state index in [0.717, 1.165) is 17.9 Å². The van der Waals surface area contributed by atoms with Crippen molar-refractivity contribution in [3.05, 3.63) is 18.0 Å². The van der Waals surface area contributed by atoms with Crippen molar-refractivity contribution in [3.8, 4) is 0 Å². The van der Waals surface area contributed by atoms with Crippen molar-refractivity contribution in [2.45, 2.75) is 19.8 Å². The van der Waals surface area contributed by atoms with Gasteiger partial charge in [0.05, 0.1) is 0 Å². The summed E-state index contributed by atoms with van der Waals surface area (Å²) in [5.74, 6) is 1.95. The Kier molecular flexibility index (Phi) is 4.02. The highest BCUT2D eigenvalue weighted by molar-refractivity contribution is 7.80. The topological polar surface area (TPSA) is 37.8 Å². The van der Waals surface area contributed by atoms with Gasteiger partial charge in [0, 0.05) is 24.7 Å². The van der Waals surface area contributed by atoms with E-state index < -0.39 is 0 Å². The first-order chi connectivity index (χ1) is 6.24. The van der Waals surface area contributed by atoms with Crippen LogP contribution in [-0.2, 0) is 0 Å². The van der Waals surface area contributed by atoms with Crippen LogP contribution < -0.4 is 5.32 Å². The van der Waals surface area contributed by atoms with Crippen molar-refractivity contribution in [2.75, 3.05) is 17.6 Å². The van der Waals surface area contributed by atoms with Gasteiger partial charge in [0.15, 0.2) is 0 Å². The average molecular weight is 197 g/mol. The van der Waals surface area contributed by atoms with E-state index in [-0.39, 0.29) is 0 Å². The van der Waals surface area contributed by atoms with Gasteiger partial charge in [-0.25, -0.2) is 9.97 Å². The van der Waals surface area contributed by atoms with Gasteiger partial charge < -0.3 is 5.32 Å². The lowest BCUT2D eigenvalue weighted by Crippen LogP contribution is -2.06. The number of thiol groups is 1. The number of hydrogen-bond acceptors (Lipinski definition) is 4. The van der Waals surface area contributed by atoms with E-state index >= 15 is 0 Å². The van der Waals surface area contributed by atoms with E-state index in [9.17, 15) is 0 Å². The van der Waals surface area contributed by atoms with E-state index in [1.165, 1.54) is 0 Å². The summed E-state index contributed by atoms with van der Waals surface area (Å²) in [7, 11) is 0. The maximum absolute atomic E-state index is 4.18. The second-order valence-electron chi connectivity index (χ2n) is 3.15. The minimum atomic E-state index is 0.485. The lowest BCUT2D eigenvalue weighted by molar-refractivity contribution is 0.845. The van der Waals surface area contributed by atoms with Gasteiger partial charge in [-0.1, -0.05) is 13.8 Å². The zero-order valence-electron chi connectivity index (χ0n) is 7.99. The van der Waals surface area contributed by atoms with Crippen LogP contribution in [-0.4, -0.2) is 22.3 Å². The maximum atomic E-state index is 4.18. The summed E-state index contributed by atoms with van der Waals surface area (Å²) < 4.78 is 0. The van der Waals surface area contributed by atoms with Gasteiger partial charge in [-0.05, 0) is 11.5 Å². The molecule has 1 aromatic rings. The molecule has 0 aliphatic rings. The van der Waals surface area contributed by atoms with E-state index in [4.69, 9.17) is 0 Å². The summed E-state index contributed by atoms with van der Waals surface area (Å²) in [5.41, 5.74) is 1.16. The third kappa shape index (κ3) is 3.22. The molecule has 0 atom stereocenters. The molecular formula is C9H15N3S. The van der Waals surface area contributed by atoms with Gasteiger partial charge in [0.1, 0.15) is 0 Å². The second kappa shape index (κ2) is 5.07. The predicted molar refractivity (Wildman–Crippen MR) is 58.5 cm³/mol. The molecule has 0 aliphatic heterocycles. The summed E-state index contributed by atoms with van der Waals surface area (Å²) in [5, 5.41) is 3.06. The van der Waals surface area contributed by atoms with Crippen molar-refractivity contribution in [3.63, 3.8) is 0 Å². The van der Waals surface area contributed by atoms with Crippen molar-refractivity contribution in [1.29, 1.82) is 0 Å². The lowest BCUT2D eigenvalue weighted by Gasteiger charge is -2.05. The normalized spacial score (nSPS) is 10.5. The smallest absolute Gasteiger partial charge is 0.222 e. The minimum absolute atomic E-state index is 0.485. The quantitative estimate of drug-likeness (QED) is 0.724. The highest BCUT2D eigenvalue weighted by Gasteiger charge is 1.99. The Bertz CT molecular complexity index is 246. The van der Waals surface area contributed by atoms with E-state index in [1.54, 1.807) is 0 Å². The van der Waals surface area contributed by atoms with Crippen molar-refractivity contribution in [2.24, 2.45) is 0 Å². The van der Waals surface area contributed by atoms with Gasteiger partial charge in [0.25, 0.3) is 0 Å². The molecule has 13 heavy (non-hydrogen) atoms. The first-order valence-electron chi connectivity index (χ1n) is 4.40. The third-order valence-electron chi connectivity index (χ3n) is 1.73. The molecule has 0 spiro atoms. The lowest BCUT2D eigenvalue weighted by atomic mass is 10.1. The third-order valence-corrected chi connectivity index (χ3v) is 1.96. The van der Waals surface area contributed by atoms with Crippen LogP contribution in [0.25, 0.3) is 0 Å². The Hall–Kier alpha value is -0.770. The van der Waals surface area contributed by atoms with Gasteiger partial charge in [-0.3, -0.25) is 0 Å². The average Bonchev–Trinajstić information content (AvgIpc) is 2.15. The van der Waals surface area contributed by atoms with Crippen LogP contribution in [0, 0.1) is 0 Å². The SMILES string of the molecule is CC(C)c1cnc(NCCS)nc1. The molecule has 0 radical (unpaired) electrons. The number of anilines is 1. The Labute approximate surface area is 84.4 Å². The number of rotatable bonds is 4. The maximum Gasteiger partial charge on any atom is 0.222 e. The summed E-state index contributed by atoms with van der Waals surface area (Å²) in [4.78, 5) is 8.36. The summed E-state index contributed by atoms with van der Waals surface area (Å²) >= 11 is 4.09. The molecule has 0 fully saturated rings. The summed E-state index contributed by atoms with van der Waals surface area (Å²) in [6, 6.07) is 0. The molecule has 0 aliphatic carbocycles. The van der Waals surface area contributed by atoms with Crippen molar-refractivity contribution >= 4 is 18.6 Å². The number of aromatic nitrogens is 2. The monoisotopic (exact) mass is 197 g/mol. The van der Waals surface area contributed by atoms with E-state index in [2.05, 4.69) is 41.8 Å². The van der Waals surface area contributed by atoms with Gasteiger partial charge in [-0.2, -0.15) is 12.6 Å². The Balaban J connectivity index is 2.59. The molecule has 0 unspecified atom stereocenters. The van der Waals surface area contributed by atoms with Crippen LogP contribution in [0.15, 0.2) is 12.4 Å². The second-order valence-corrected chi connectivity index (χ2v) is 3.59. The fourth-order valence-corrected chi connectivity index (χ4v) is 1.01. The van der Waals surface area contributed by atoms with Crippen molar-refractivity contribution < 1.29 is 0 Å². The van der Waals surface area contributed by atoms with Gasteiger partial charge in [0.2, 0.25) is 5.95 Å². The summed E-state index contributed by atoms with van der Waals surface area (Å²) in [6.45, 7) is 5.04. The Morgan fingerprint density at radius 1 is 1.38 bits per heavy atom. The fraction of sp³-hybridized carbons (Fsp3) is 0.556. The van der Waals surface area contributed by atoms with E-state index in [1.807, 2.05) is 12.4 Å². The van der Waals surface area contributed by atoms with Crippen LogP contribution in [0.2, 0.25) is 0 Å². The zero-order valence-corrected chi connectivity index (χ0v) is 8.88. The zero-order chi connectivity index (χ0) is 9.68. The number of nitrogens with zero attached hydrogens (tertiary/aromatic N) is 2. The predicted octanol–water partition coefficient (Wildman–Crippen LogP) is 1.94. The number of nitrogens with one attached hydrogen (secondary N) is 1. The summed E-state index contributed by atoms with van der Waals surface area (Å²) in [6.07, 6.45) is 3.72. The molecule has 4 heteroatoms. The molecule has 72 valence electrons. The first kappa shape index (κ1) is 10.3. The molecular weight excluding hydrogens is 182 g/mol. The molecule has 1 rings (SSSR count).